The molecule has 1 saturated carbocycles. The van der Waals surface area contributed by atoms with E-state index in [1.807, 2.05) is 6.92 Å². The van der Waals surface area contributed by atoms with Crippen LogP contribution < -0.4 is 0 Å². The average Bonchev–Trinajstić information content (AvgIpc) is 2.45. The molecule has 1 N–H and O–H groups in total. The van der Waals surface area contributed by atoms with Crippen LogP contribution in [0.25, 0.3) is 0 Å². The van der Waals surface area contributed by atoms with E-state index in [2.05, 4.69) is 0 Å². The van der Waals surface area contributed by atoms with Crippen LogP contribution in [-0.4, -0.2) is 11.1 Å². The maximum Gasteiger partial charge on any atom is 0.303 e. The Bertz CT molecular complexity index is 74.2. The van der Waals surface area contributed by atoms with Crippen LogP contribution >= 0.6 is 0 Å². The van der Waals surface area contributed by atoms with Crippen molar-refractivity contribution in [3.05, 3.63) is 0 Å². The molecule has 1 aliphatic rings. The highest BCUT2D eigenvalue weighted by Crippen LogP contribution is 2.14. The predicted molar refractivity (Wildman–Crippen MR) is 36.4 cm³/mol. The Kier molecular flexibility index (Phi) is 5.27. The number of rotatable bonds is 2. The minimum Gasteiger partial charge on any atom is -0.481 e. The Balaban J connectivity index is 0.000000173. The first-order chi connectivity index (χ1) is 4.27. The maximum atomic E-state index is 9.60. The molecular formula is C7H14O2. The van der Waals surface area contributed by atoms with Gasteiger partial charge < -0.3 is 5.11 Å². The highest BCUT2D eigenvalue weighted by Gasteiger charge is 1.95. The van der Waals surface area contributed by atoms with Gasteiger partial charge in [0.25, 0.3) is 0 Å². The van der Waals surface area contributed by atoms with E-state index in [1.165, 1.54) is 19.3 Å². The van der Waals surface area contributed by atoms with E-state index < -0.39 is 5.97 Å². The molecule has 1 aliphatic carbocycles. The zero-order chi connectivity index (χ0) is 7.11. The van der Waals surface area contributed by atoms with Gasteiger partial charge >= 0.3 is 5.97 Å². The highest BCUT2D eigenvalue weighted by molar-refractivity contribution is 5.66. The van der Waals surface area contributed by atoms with E-state index in [0.29, 0.717) is 6.42 Å². The van der Waals surface area contributed by atoms with Crippen molar-refractivity contribution < 1.29 is 9.90 Å². The Morgan fingerprint density at radius 3 is 1.89 bits per heavy atom. The predicted octanol–water partition coefficient (Wildman–Crippen LogP) is 2.04. The van der Waals surface area contributed by atoms with Gasteiger partial charge in [-0.1, -0.05) is 26.2 Å². The van der Waals surface area contributed by atoms with Gasteiger partial charge in [-0.05, 0) is 6.42 Å². The number of aliphatic carboxylic acids is 1. The molecule has 0 saturated heterocycles. The van der Waals surface area contributed by atoms with Crippen molar-refractivity contribution >= 4 is 5.97 Å². The van der Waals surface area contributed by atoms with Crippen LogP contribution in [0.5, 0.6) is 0 Å². The molecule has 0 aromatic carbocycles. The molecule has 0 spiro atoms. The Hall–Kier alpha value is -0.530. The van der Waals surface area contributed by atoms with Gasteiger partial charge in [-0.25, -0.2) is 0 Å². The van der Waals surface area contributed by atoms with Crippen molar-refractivity contribution in [1.29, 1.82) is 0 Å². The Labute approximate surface area is 55.9 Å². The van der Waals surface area contributed by atoms with Gasteiger partial charge in [-0.2, -0.15) is 0 Å². The molecule has 0 amide bonds. The fraction of sp³-hybridized carbons (Fsp3) is 0.857. The summed E-state index contributed by atoms with van der Waals surface area (Å²) in [4.78, 5) is 9.60. The largest absolute Gasteiger partial charge is 0.481 e. The fourth-order valence-corrected chi connectivity index (χ4v) is 0.214. The van der Waals surface area contributed by atoms with Crippen molar-refractivity contribution in [2.75, 3.05) is 0 Å². The summed E-state index contributed by atoms with van der Waals surface area (Å²) in [6.45, 7) is 1.84. The summed E-state index contributed by atoms with van der Waals surface area (Å²) >= 11 is 0. The third-order valence-corrected chi connectivity index (χ3v) is 0.817. The van der Waals surface area contributed by atoms with Gasteiger partial charge in [-0.3, -0.25) is 4.79 Å². The summed E-state index contributed by atoms with van der Waals surface area (Å²) in [6.07, 6.45) is 5.52. The first kappa shape index (κ1) is 8.47. The minimum absolute atomic E-state index is 0.292. The lowest BCUT2D eigenvalue weighted by Crippen LogP contribution is -1.90. The van der Waals surface area contributed by atoms with E-state index >= 15 is 0 Å². The topological polar surface area (TPSA) is 37.3 Å². The van der Waals surface area contributed by atoms with Crippen LogP contribution in [-0.2, 0) is 4.79 Å². The lowest BCUT2D eigenvalue weighted by Gasteiger charge is -1.79. The van der Waals surface area contributed by atoms with E-state index in [0.717, 1.165) is 6.42 Å². The summed E-state index contributed by atoms with van der Waals surface area (Å²) in [6, 6.07) is 0. The fourth-order valence-electron chi connectivity index (χ4n) is 0.214. The van der Waals surface area contributed by atoms with E-state index in [4.69, 9.17) is 5.11 Å². The number of carbonyl (C=O) groups is 1. The van der Waals surface area contributed by atoms with Crippen molar-refractivity contribution in [2.45, 2.75) is 39.0 Å². The van der Waals surface area contributed by atoms with Gasteiger partial charge in [0.05, 0.1) is 0 Å². The number of carboxylic acid groups (broad SMARTS) is 1. The molecule has 1 rings (SSSR count). The quantitative estimate of drug-likeness (QED) is 0.621. The van der Waals surface area contributed by atoms with Crippen molar-refractivity contribution in [2.24, 2.45) is 0 Å². The van der Waals surface area contributed by atoms with E-state index in [9.17, 15) is 4.79 Å². The first-order valence-electron chi connectivity index (χ1n) is 3.49. The molecule has 0 aromatic rings. The normalized spacial score (nSPS) is 13.4. The lowest BCUT2D eigenvalue weighted by atomic mass is 10.4. The molecule has 0 aliphatic heterocycles. The molecule has 9 heavy (non-hydrogen) atoms. The molecule has 1 fully saturated rings. The molecular weight excluding hydrogens is 116 g/mol. The van der Waals surface area contributed by atoms with Crippen LogP contribution in [0.1, 0.15) is 39.0 Å². The molecule has 0 heterocycles. The highest BCUT2D eigenvalue weighted by atomic mass is 16.4. The first-order valence-corrected chi connectivity index (χ1v) is 3.49. The molecule has 0 aromatic heterocycles. The summed E-state index contributed by atoms with van der Waals surface area (Å²) < 4.78 is 0. The molecule has 54 valence electrons. The Morgan fingerprint density at radius 2 is 1.89 bits per heavy atom. The van der Waals surface area contributed by atoms with Gasteiger partial charge in [0, 0.05) is 6.42 Å². The Morgan fingerprint density at radius 1 is 1.44 bits per heavy atom. The maximum absolute atomic E-state index is 9.60. The van der Waals surface area contributed by atoms with E-state index in [1.54, 1.807) is 0 Å². The second-order valence-electron chi connectivity index (χ2n) is 2.20. The van der Waals surface area contributed by atoms with Crippen LogP contribution in [0.4, 0.5) is 0 Å². The smallest absolute Gasteiger partial charge is 0.303 e. The molecule has 2 nitrogen and oxygen atoms in total. The molecule has 0 atom stereocenters. The van der Waals surface area contributed by atoms with Gasteiger partial charge in [0.15, 0.2) is 0 Å². The van der Waals surface area contributed by atoms with Crippen LogP contribution in [0.3, 0.4) is 0 Å². The molecule has 0 bridgehead atoms. The summed E-state index contributed by atoms with van der Waals surface area (Å²) in [5, 5.41) is 7.91. The van der Waals surface area contributed by atoms with E-state index in [-0.39, 0.29) is 0 Å². The number of hydrogen-bond acceptors (Lipinski definition) is 1. The van der Waals surface area contributed by atoms with Crippen LogP contribution in [0, 0.1) is 0 Å². The third kappa shape index (κ3) is 18.6. The van der Waals surface area contributed by atoms with Crippen molar-refractivity contribution in [1.82, 2.24) is 0 Å². The average molecular weight is 130 g/mol. The van der Waals surface area contributed by atoms with Crippen molar-refractivity contribution in [3.8, 4) is 0 Å². The third-order valence-electron chi connectivity index (χ3n) is 0.817. The van der Waals surface area contributed by atoms with Crippen LogP contribution in [0.2, 0.25) is 0 Å². The monoisotopic (exact) mass is 130 g/mol. The zero-order valence-electron chi connectivity index (χ0n) is 5.89. The summed E-state index contributed by atoms with van der Waals surface area (Å²) in [7, 11) is 0. The summed E-state index contributed by atoms with van der Waals surface area (Å²) in [5.74, 6) is -0.711. The molecule has 2 heteroatoms. The second kappa shape index (κ2) is 5.60. The summed E-state index contributed by atoms with van der Waals surface area (Å²) in [5.41, 5.74) is 0. The number of hydrogen-bond donors (Lipinski definition) is 1. The standard InChI is InChI=1S/C4H8O2.C3H6/c1-2-3-4(5)6;1-2-3-1/h2-3H2,1H3,(H,5,6);1-3H2. The minimum atomic E-state index is -0.711. The number of carboxylic acids is 1. The van der Waals surface area contributed by atoms with Gasteiger partial charge in [0.2, 0.25) is 0 Å². The van der Waals surface area contributed by atoms with Crippen molar-refractivity contribution in [3.63, 3.8) is 0 Å². The SMILES string of the molecule is C1CC1.CCCC(=O)O. The molecule has 0 radical (unpaired) electrons. The van der Waals surface area contributed by atoms with Crippen LogP contribution in [0.15, 0.2) is 0 Å². The van der Waals surface area contributed by atoms with Gasteiger partial charge in [-0.15, -0.1) is 0 Å². The zero-order valence-corrected chi connectivity index (χ0v) is 5.89. The lowest BCUT2D eigenvalue weighted by molar-refractivity contribution is -0.137. The second-order valence-corrected chi connectivity index (χ2v) is 2.20. The van der Waals surface area contributed by atoms with Gasteiger partial charge in [0.1, 0.15) is 0 Å². The molecule has 0 unspecified atom stereocenters.